The van der Waals surface area contributed by atoms with Gasteiger partial charge >= 0.3 is 5.97 Å². The number of carboxylic acids is 1. The van der Waals surface area contributed by atoms with Crippen LogP contribution in [0, 0.1) is 0 Å². The van der Waals surface area contributed by atoms with Crippen molar-refractivity contribution < 1.29 is 15.0 Å². The third kappa shape index (κ3) is 2.03. The van der Waals surface area contributed by atoms with E-state index in [4.69, 9.17) is 10.8 Å². The van der Waals surface area contributed by atoms with Crippen molar-refractivity contribution in [2.24, 2.45) is 5.73 Å². The summed E-state index contributed by atoms with van der Waals surface area (Å²) in [6.07, 6.45) is 0. The summed E-state index contributed by atoms with van der Waals surface area (Å²) in [5.74, 6) is -1.40. The summed E-state index contributed by atoms with van der Waals surface area (Å²) in [4.78, 5) is 10.6. The van der Waals surface area contributed by atoms with Crippen LogP contribution in [0.15, 0.2) is 24.3 Å². The van der Waals surface area contributed by atoms with Gasteiger partial charge in [0.05, 0.1) is 0 Å². The van der Waals surface area contributed by atoms with Crippen molar-refractivity contribution in [1.82, 2.24) is 0 Å². The number of benzene rings is 1. The fourth-order valence-electron chi connectivity index (χ4n) is 1.28. The minimum absolute atomic E-state index is 0.0803. The molecule has 0 saturated heterocycles. The van der Waals surface area contributed by atoms with E-state index >= 15 is 0 Å². The van der Waals surface area contributed by atoms with E-state index in [9.17, 15) is 9.90 Å². The summed E-state index contributed by atoms with van der Waals surface area (Å²) in [7, 11) is 0. The van der Waals surface area contributed by atoms with E-state index in [0.717, 1.165) is 0 Å². The Labute approximate surface area is 82.0 Å². The molecule has 2 atom stereocenters. The zero-order valence-corrected chi connectivity index (χ0v) is 7.84. The molecular formula is C10H13NO3. The van der Waals surface area contributed by atoms with Crippen molar-refractivity contribution in [3.8, 4) is 5.75 Å². The largest absolute Gasteiger partial charge is 0.508 e. The van der Waals surface area contributed by atoms with Crippen LogP contribution in [0.3, 0.4) is 0 Å². The molecule has 4 heteroatoms. The van der Waals surface area contributed by atoms with Crippen molar-refractivity contribution in [3.05, 3.63) is 29.8 Å². The van der Waals surface area contributed by atoms with Gasteiger partial charge in [0.15, 0.2) is 0 Å². The molecule has 0 fully saturated rings. The van der Waals surface area contributed by atoms with Gasteiger partial charge in [0, 0.05) is 5.92 Å². The van der Waals surface area contributed by atoms with Gasteiger partial charge in [-0.3, -0.25) is 4.79 Å². The first-order valence-corrected chi connectivity index (χ1v) is 4.30. The molecule has 0 aromatic heterocycles. The van der Waals surface area contributed by atoms with E-state index in [2.05, 4.69) is 0 Å². The molecule has 14 heavy (non-hydrogen) atoms. The summed E-state index contributed by atoms with van der Waals surface area (Å²) in [6, 6.07) is 5.60. The average molecular weight is 195 g/mol. The lowest BCUT2D eigenvalue weighted by Crippen LogP contribution is -2.35. The molecule has 0 aliphatic rings. The molecule has 0 heterocycles. The lowest BCUT2D eigenvalue weighted by Gasteiger charge is -2.17. The van der Waals surface area contributed by atoms with E-state index in [1.807, 2.05) is 0 Å². The Bertz CT molecular complexity index is 338. The normalized spacial score (nSPS) is 14.7. The zero-order chi connectivity index (χ0) is 10.7. The van der Waals surface area contributed by atoms with E-state index in [-0.39, 0.29) is 5.75 Å². The fraction of sp³-hybridized carbons (Fsp3) is 0.300. The summed E-state index contributed by atoms with van der Waals surface area (Å²) < 4.78 is 0. The second-order valence-corrected chi connectivity index (χ2v) is 3.21. The van der Waals surface area contributed by atoms with Gasteiger partial charge in [-0.15, -0.1) is 0 Å². The molecule has 0 bridgehead atoms. The lowest BCUT2D eigenvalue weighted by molar-refractivity contribution is -0.139. The highest BCUT2D eigenvalue weighted by atomic mass is 16.4. The predicted molar refractivity (Wildman–Crippen MR) is 52.1 cm³/mol. The van der Waals surface area contributed by atoms with Gasteiger partial charge in [0.1, 0.15) is 11.8 Å². The second kappa shape index (κ2) is 4.11. The highest BCUT2D eigenvalue weighted by Gasteiger charge is 2.23. The number of aliphatic carboxylic acids is 1. The van der Waals surface area contributed by atoms with Crippen LogP contribution < -0.4 is 5.73 Å². The zero-order valence-electron chi connectivity index (χ0n) is 7.84. The first-order chi connectivity index (χ1) is 6.54. The molecule has 4 N–H and O–H groups in total. The van der Waals surface area contributed by atoms with E-state index in [1.165, 1.54) is 6.07 Å². The lowest BCUT2D eigenvalue weighted by atomic mass is 9.93. The number of nitrogens with two attached hydrogens (primary N) is 1. The maximum absolute atomic E-state index is 10.6. The quantitative estimate of drug-likeness (QED) is 0.669. The number of para-hydroxylation sites is 1. The number of phenols is 1. The first kappa shape index (κ1) is 10.5. The number of hydrogen-bond donors (Lipinski definition) is 3. The second-order valence-electron chi connectivity index (χ2n) is 3.21. The monoisotopic (exact) mass is 195 g/mol. The molecule has 0 amide bonds. The highest BCUT2D eigenvalue weighted by molar-refractivity contribution is 5.74. The maximum atomic E-state index is 10.6. The summed E-state index contributed by atoms with van der Waals surface area (Å²) in [5.41, 5.74) is 6.01. The van der Waals surface area contributed by atoms with Gasteiger partial charge in [-0.05, 0) is 11.6 Å². The maximum Gasteiger partial charge on any atom is 0.321 e. The number of rotatable bonds is 3. The van der Waals surface area contributed by atoms with Crippen molar-refractivity contribution >= 4 is 5.97 Å². The number of aromatic hydroxyl groups is 1. The van der Waals surface area contributed by atoms with Gasteiger partial charge in [-0.25, -0.2) is 0 Å². The Kier molecular flexibility index (Phi) is 3.09. The molecule has 0 radical (unpaired) electrons. The van der Waals surface area contributed by atoms with Crippen LogP contribution in [-0.4, -0.2) is 22.2 Å². The molecule has 0 aliphatic heterocycles. The standard InChI is InChI=1S/C10H13NO3/c1-6(9(11)10(13)14)7-4-2-3-5-8(7)12/h2-6,9,12H,11H2,1H3,(H,13,14). The third-order valence-electron chi connectivity index (χ3n) is 2.25. The highest BCUT2D eigenvalue weighted by Crippen LogP contribution is 2.26. The van der Waals surface area contributed by atoms with E-state index < -0.39 is 17.9 Å². The third-order valence-corrected chi connectivity index (χ3v) is 2.25. The van der Waals surface area contributed by atoms with Crippen LogP contribution in [0.25, 0.3) is 0 Å². The summed E-state index contributed by atoms with van der Waals surface area (Å²) in [6.45, 7) is 1.67. The van der Waals surface area contributed by atoms with Crippen molar-refractivity contribution in [2.45, 2.75) is 18.9 Å². The van der Waals surface area contributed by atoms with Crippen LogP contribution >= 0.6 is 0 Å². The topological polar surface area (TPSA) is 83.5 Å². The van der Waals surface area contributed by atoms with Crippen LogP contribution in [0.4, 0.5) is 0 Å². The van der Waals surface area contributed by atoms with Gasteiger partial charge in [0.2, 0.25) is 0 Å². The Balaban J connectivity index is 2.94. The van der Waals surface area contributed by atoms with Crippen LogP contribution in [-0.2, 0) is 4.79 Å². The van der Waals surface area contributed by atoms with Gasteiger partial charge in [0.25, 0.3) is 0 Å². The van der Waals surface area contributed by atoms with E-state index in [1.54, 1.807) is 25.1 Å². The predicted octanol–water partition coefficient (Wildman–Crippen LogP) is 0.908. The fourth-order valence-corrected chi connectivity index (χ4v) is 1.28. The molecule has 2 unspecified atom stereocenters. The number of hydrogen-bond acceptors (Lipinski definition) is 3. The number of carboxylic acid groups (broad SMARTS) is 1. The van der Waals surface area contributed by atoms with Gasteiger partial charge < -0.3 is 15.9 Å². The molecule has 1 aromatic rings. The molecular weight excluding hydrogens is 182 g/mol. The van der Waals surface area contributed by atoms with Crippen LogP contribution in [0.1, 0.15) is 18.4 Å². The van der Waals surface area contributed by atoms with Gasteiger partial charge in [-0.2, -0.15) is 0 Å². The summed E-state index contributed by atoms with van der Waals surface area (Å²) in [5, 5.41) is 18.2. The summed E-state index contributed by atoms with van der Waals surface area (Å²) >= 11 is 0. The molecule has 76 valence electrons. The molecule has 0 aliphatic carbocycles. The Morgan fingerprint density at radius 2 is 2.00 bits per heavy atom. The molecule has 0 saturated carbocycles. The first-order valence-electron chi connectivity index (χ1n) is 4.30. The minimum Gasteiger partial charge on any atom is -0.508 e. The van der Waals surface area contributed by atoms with Gasteiger partial charge in [-0.1, -0.05) is 25.1 Å². The number of carbonyl (C=O) groups is 1. The molecule has 0 spiro atoms. The molecule has 1 rings (SSSR count). The smallest absolute Gasteiger partial charge is 0.321 e. The Morgan fingerprint density at radius 1 is 1.43 bits per heavy atom. The SMILES string of the molecule is CC(c1ccccc1O)C(N)C(=O)O. The molecule has 1 aromatic carbocycles. The van der Waals surface area contributed by atoms with Crippen molar-refractivity contribution in [3.63, 3.8) is 0 Å². The Hall–Kier alpha value is -1.55. The molecule has 4 nitrogen and oxygen atoms in total. The number of phenolic OH excluding ortho intramolecular Hbond substituents is 1. The van der Waals surface area contributed by atoms with Crippen molar-refractivity contribution in [2.75, 3.05) is 0 Å². The van der Waals surface area contributed by atoms with Crippen molar-refractivity contribution in [1.29, 1.82) is 0 Å². The van der Waals surface area contributed by atoms with Crippen LogP contribution in [0.5, 0.6) is 5.75 Å². The van der Waals surface area contributed by atoms with Crippen LogP contribution in [0.2, 0.25) is 0 Å². The van der Waals surface area contributed by atoms with E-state index in [0.29, 0.717) is 5.56 Å². The minimum atomic E-state index is -1.07. The average Bonchev–Trinajstić information content (AvgIpc) is 2.16. The Morgan fingerprint density at radius 3 is 2.50 bits per heavy atom.